The van der Waals surface area contributed by atoms with E-state index in [-0.39, 0.29) is 4.47 Å². The molecule has 0 amide bonds. The number of fused-ring (bicyclic) bond motifs is 1. The van der Waals surface area contributed by atoms with E-state index < -0.39 is 59.8 Å². The molecule has 11 nitrogen and oxygen atoms in total. The molecule has 12 heteroatoms. The van der Waals surface area contributed by atoms with E-state index in [0.29, 0.717) is 0 Å². The quantitative estimate of drug-likeness (QED) is 0.468. The van der Waals surface area contributed by atoms with Gasteiger partial charge in [-0.05, 0) is 15.9 Å². The molecule has 0 bridgehead atoms. The topological polar surface area (TPSA) is 143 Å². The van der Waals surface area contributed by atoms with Gasteiger partial charge in [-0.3, -0.25) is 23.9 Å². The molecule has 26 heavy (non-hydrogen) atoms. The molecule has 140 valence electrons. The maximum atomic E-state index is 12.1. The second-order valence-corrected chi connectivity index (χ2v) is 6.49. The first-order valence-corrected chi connectivity index (χ1v) is 8.19. The smallest absolute Gasteiger partial charge is 0.350 e. The molecular weight excluding hydrogens is 420 g/mol. The Balaban J connectivity index is 2.01. The van der Waals surface area contributed by atoms with Gasteiger partial charge in [-0.15, -0.1) is 0 Å². The molecule has 1 aromatic heterocycles. The van der Waals surface area contributed by atoms with E-state index in [0.717, 1.165) is 24.6 Å². The Morgan fingerprint density at radius 1 is 1.15 bits per heavy atom. The van der Waals surface area contributed by atoms with Crippen molar-refractivity contribution in [2.24, 2.45) is 0 Å². The van der Waals surface area contributed by atoms with Crippen LogP contribution in [0.2, 0.25) is 0 Å². The number of nitrogens with one attached hydrogen (secondary N) is 1. The predicted molar refractivity (Wildman–Crippen MR) is 83.9 cm³/mol. The summed E-state index contributed by atoms with van der Waals surface area (Å²) >= 11 is 2.99. The molecule has 0 radical (unpaired) electrons. The zero-order chi connectivity index (χ0) is 19.2. The number of halogens is 1. The molecule has 1 N–H and O–H groups in total. The zero-order valence-electron chi connectivity index (χ0n) is 13.5. The first-order valence-electron chi connectivity index (χ1n) is 7.40. The largest absolute Gasteiger partial charge is 0.454 e. The number of aromatic nitrogens is 2. The number of aromatic amines is 1. The lowest BCUT2D eigenvalue weighted by atomic mass is 10.1. The maximum Gasteiger partial charge on any atom is 0.350 e. The molecule has 2 saturated heterocycles. The van der Waals surface area contributed by atoms with Crippen LogP contribution in [0.5, 0.6) is 0 Å². The van der Waals surface area contributed by atoms with Gasteiger partial charge in [-0.25, -0.2) is 9.59 Å². The van der Waals surface area contributed by atoms with Crippen LogP contribution in [-0.4, -0.2) is 51.9 Å². The average molecular weight is 433 g/mol. The summed E-state index contributed by atoms with van der Waals surface area (Å²) in [5.74, 6) is -2.28. The number of carbonyl (C=O) groups excluding carboxylic acids is 3. The van der Waals surface area contributed by atoms with Gasteiger partial charge < -0.3 is 18.9 Å². The molecule has 2 aliphatic heterocycles. The number of hydrogen-bond donors (Lipinski definition) is 1. The van der Waals surface area contributed by atoms with Crippen molar-refractivity contribution in [3.05, 3.63) is 31.5 Å². The maximum absolute atomic E-state index is 12.1. The van der Waals surface area contributed by atoms with Gasteiger partial charge in [-0.2, -0.15) is 0 Å². The summed E-state index contributed by atoms with van der Waals surface area (Å²) < 4.78 is 21.9. The van der Waals surface area contributed by atoms with E-state index >= 15 is 0 Å². The summed E-state index contributed by atoms with van der Waals surface area (Å²) in [4.78, 5) is 60.3. The first-order chi connectivity index (χ1) is 12.2. The van der Waals surface area contributed by atoms with E-state index in [9.17, 15) is 24.0 Å². The second kappa shape index (κ2) is 6.68. The highest BCUT2D eigenvalue weighted by Crippen LogP contribution is 2.39. The van der Waals surface area contributed by atoms with Gasteiger partial charge in [0.1, 0.15) is 6.10 Å². The molecule has 0 unspecified atom stereocenters. The molecule has 1 aromatic rings. The Morgan fingerprint density at radius 2 is 1.81 bits per heavy atom. The third-order valence-electron chi connectivity index (χ3n) is 3.80. The normalized spacial score (nSPS) is 29.8. The van der Waals surface area contributed by atoms with E-state index in [1.54, 1.807) is 0 Å². The minimum absolute atomic E-state index is 0.0351. The molecule has 0 spiro atoms. The highest BCUT2D eigenvalue weighted by Gasteiger charge is 2.61. The molecule has 2 fully saturated rings. The van der Waals surface area contributed by atoms with Crippen molar-refractivity contribution in [1.29, 1.82) is 0 Å². The van der Waals surface area contributed by atoms with E-state index in [2.05, 4.69) is 20.9 Å². The van der Waals surface area contributed by atoms with Crippen LogP contribution in [0, 0.1) is 0 Å². The second-order valence-electron chi connectivity index (χ2n) is 5.64. The fraction of sp³-hybridized carbons (Fsp3) is 0.500. The summed E-state index contributed by atoms with van der Waals surface area (Å²) in [5.41, 5.74) is -1.48. The van der Waals surface area contributed by atoms with Crippen LogP contribution in [0.4, 0.5) is 0 Å². The highest BCUT2D eigenvalue weighted by atomic mass is 79.9. The number of nitrogens with zero attached hydrogens (tertiary/aromatic N) is 1. The van der Waals surface area contributed by atoms with Crippen LogP contribution in [-0.2, 0) is 33.3 Å². The van der Waals surface area contributed by atoms with Gasteiger partial charge in [0.05, 0.1) is 4.47 Å². The SMILES string of the molecule is CC(=O)O[C@@H]1[C@H]2OC(=O)[C@@H](OC(C)=O)[C@@H]2O[C@@H]1n1cc(Br)c(=O)[nH]c1=O. The van der Waals surface area contributed by atoms with Crippen molar-refractivity contribution >= 4 is 33.8 Å². The fourth-order valence-corrected chi connectivity index (χ4v) is 3.18. The standard InChI is InChI=1S/C14H13BrN2O9/c1-4(18)23-9-7-8(10(13(21)26-7)24-5(2)19)25-12(9)17-3-6(15)11(20)16-14(17)22/h3,7-10,12H,1-2H3,(H,16,20,22)/t7-,8+,9+,10-,12-/m0/s1. The van der Waals surface area contributed by atoms with Crippen molar-refractivity contribution < 1.29 is 33.3 Å². The molecule has 3 rings (SSSR count). The third kappa shape index (κ3) is 3.17. The molecule has 2 aliphatic rings. The predicted octanol–water partition coefficient (Wildman–Crippen LogP) is -1.01. The molecule has 5 atom stereocenters. The Morgan fingerprint density at radius 3 is 2.42 bits per heavy atom. The number of ether oxygens (including phenoxy) is 4. The number of carbonyl (C=O) groups is 3. The lowest BCUT2D eigenvalue weighted by molar-refractivity contribution is -0.174. The summed E-state index contributed by atoms with van der Waals surface area (Å²) in [6.07, 6.45) is -4.76. The lowest BCUT2D eigenvalue weighted by Gasteiger charge is -2.23. The van der Waals surface area contributed by atoms with Crippen molar-refractivity contribution in [3.63, 3.8) is 0 Å². The highest BCUT2D eigenvalue weighted by molar-refractivity contribution is 9.10. The van der Waals surface area contributed by atoms with Gasteiger partial charge in [-0.1, -0.05) is 0 Å². The van der Waals surface area contributed by atoms with Crippen LogP contribution in [0.25, 0.3) is 0 Å². The Bertz CT molecular complexity index is 891. The molecule has 0 aromatic carbocycles. The van der Waals surface area contributed by atoms with Crippen molar-refractivity contribution in [1.82, 2.24) is 9.55 Å². The Kier molecular flexibility index (Phi) is 4.71. The Hall–Kier alpha value is -2.47. The van der Waals surface area contributed by atoms with Gasteiger partial charge in [0.2, 0.25) is 6.10 Å². The molecular formula is C14H13BrN2O9. The summed E-state index contributed by atoms with van der Waals surface area (Å²) in [7, 11) is 0. The minimum atomic E-state index is -1.36. The molecule has 3 heterocycles. The number of hydrogen-bond acceptors (Lipinski definition) is 9. The van der Waals surface area contributed by atoms with E-state index in [1.165, 1.54) is 0 Å². The van der Waals surface area contributed by atoms with Crippen LogP contribution >= 0.6 is 15.9 Å². The fourth-order valence-electron chi connectivity index (χ4n) is 2.86. The van der Waals surface area contributed by atoms with Gasteiger partial charge >= 0.3 is 23.6 Å². The third-order valence-corrected chi connectivity index (χ3v) is 4.37. The average Bonchev–Trinajstić information content (AvgIpc) is 3.00. The molecule has 0 saturated carbocycles. The van der Waals surface area contributed by atoms with E-state index in [4.69, 9.17) is 18.9 Å². The summed E-state index contributed by atoms with van der Waals surface area (Å²) in [6.45, 7) is 2.25. The van der Waals surface area contributed by atoms with Crippen LogP contribution in [0.1, 0.15) is 20.1 Å². The summed E-state index contributed by atoms with van der Waals surface area (Å²) in [5, 5.41) is 0. The van der Waals surface area contributed by atoms with Gasteiger partial charge in [0, 0.05) is 20.0 Å². The first kappa shape index (κ1) is 18.3. The van der Waals surface area contributed by atoms with Crippen LogP contribution in [0.3, 0.4) is 0 Å². The Labute approximate surface area is 153 Å². The number of esters is 3. The van der Waals surface area contributed by atoms with Gasteiger partial charge in [0.15, 0.2) is 18.4 Å². The van der Waals surface area contributed by atoms with Crippen LogP contribution < -0.4 is 11.2 Å². The number of H-pyrrole nitrogens is 1. The number of rotatable bonds is 3. The van der Waals surface area contributed by atoms with Crippen molar-refractivity contribution in [2.45, 2.75) is 44.5 Å². The zero-order valence-corrected chi connectivity index (χ0v) is 15.0. The minimum Gasteiger partial charge on any atom is -0.454 e. The lowest BCUT2D eigenvalue weighted by Crippen LogP contribution is -2.40. The van der Waals surface area contributed by atoms with E-state index in [1.807, 2.05) is 0 Å². The molecule has 0 aliphatic carbocycles. The van der Waals surface area contributed by atoms with Gasteiger partial charge in [0.25, 0.3) is 5.56 Å². The monoisotopic (exact) mass is 432 g/mol. The summed E-state index contributed by atoms with van der Waals surface area (Å²) in [6, 6.07) is 0. The van der Waals surface area contributed by atoms with Crippen molar-refractivity contribution in [3.8, 4) is 0 Å². The van der Waals surface area contributed by atoms with Crippen LogP contribution in [0.15, 0.2) is 20.3 Å². The van der Waals surface area contributed by atoms with Crippen molar-refractivity contribution in [2.75, 3.05) is 0 Å².